The summed E-state index contributed by atoms with van der Waals surface area (Å²) in [5, 5.41) is 0.199. The van der Waals surface area contributed by atoms with E-state index in [9.17, 15) is 9.18 Å². The van der Waals surface area contributed by atoms with Gasteiger partial charge in [-0.15, -0.1) is 0 Å². The molecular weight excluding hydrogens is 418 g/mol. The lowest BCUT2D eigenvalue weighted by Gasteiger charge is -2.04. The van der Waals surface area contributed by atoms with Gasteiger partial charge < -0.3 is 0 Å². The fourth-order valence-electron chi connectivity index (χ4n) is 0.849. The highest BCUT2D eigenvalue weighted by Gasteiger charge is 2.15. The standard InChI is InChI=1S/C8H4Br2FIO/c9-3-6(13)7-5(12)2-1-4(11)8(7)10/h1-2H,3H2. The first-order valence-corrected chi connectivity index (χ1v) is 6.30. The van der Waals surface area contributed by atoms with Crippen LogP contribution >= 0.6 is 54.5 Å². The molecule has 0 aliphatic heterocycles. The monoisotopic (exact) mass is 420 g/mol. The largest absolute Gasteiger partial charge is 0.293 e. The molecule has 0 aliphatic rings. The van der Waals surface area contributed by atoms with E-state index in [4.69, 9.17) is 0 Å². The Morgan fingerprint density at radius 3 is 2.69 bits per heavy atom. The first kappa shape index (κ1) is 11.6. The highest BCUT2D eigenvalue weighted by atomic mass is 127. The third kappa shape index (κ3) is 2.50. The summed E-state index contributed by atoms with van der Waals surface area (Å²) in [5.41, 5.74) is 0.400. The Morgan fingerprint density at radius 1 is 1.54 bits per heavy atom. The van der Waals surface area contributed by atoms with Crippen molar-refractivity contribution >= 4 is 60.2 Å². The molecule has 0 spiro atoms. The number of benzene rings is 1. The van der Waals surface area contributed by atoms with Gasteiger partial charge in [0.25, 0.3) is 0 Å². The van der Waals surface area contributed by atoms with Gasteiger partial charge in [-0.25, -0.2) is 4.39 Å². The minimum atomic E-state index is -0.412. The number of Topliss-reactive ketones (excluding diaryl/α,β-unsaturated/α-hetero) is 1. The van der Waals surface area contributed by atoms with E-state index in [0.717, 1.165) is 3.57 Å². The first-order chi connectivity index (χ1) is 6.07. The molecule has 0 radical (unpaired) electrons. The Hall–Kier alpha value is 0.510. The quantitative estimate of drug-likeness (QED) is 0.307. The van der Waals surface area contributed by atoms with Crippen LogP contribution in [0, 0.1) is 9.39 Å². The molecule has 1 nitrogen and oxygen atoms in total. The van der Waals surface area contributed by atoms with Gasteiger partial charge in [-0.2, -0.15) is 0 Å². The van der Waals surface area contributed by atoms with Crippen LogP contribution in [-0.2, 0) is 0 Å². The summed E-state index contributed by atoms with van der Waals surface area (Å²) in [6.45, 7) is 0. The van der Waals surface area contributed by atoms with Crippen LogP contribution in [0.5, 0.6) is 0 Å². The molecule has 1 aromatic carbocycles. The minimum absolute atomic E-state index is 0.129. The van der Waals surface area contributed by atoms with E-state index in [2.05, 4.69) is 31.9 Å². The first-order valence-electron chi connectivity index (χ1n) is 3.30. The van der Waals surface area contributed by atoms with Crippen molar-refractivity contribution in [2.24, 2.45) is 0 Å². The number of carbonyl (C=O) groups is 1. The zero-order valence-corrected chi connectivity index (χ0v) is 11.6. The van der Waals surface area contributed by atoms with Gasteiger partial charge in [0.2, 0.25) is 0 Å². The summed E-state index contributed by atoms with van der Waals surface area (Å²) < 4.78 is 14.0. The van der Waals surface area contributed by atoms with Crippen LogP contribution in [0.3, 0.4) is 0 Å². The van der Waals surface area contributed by atoms with Crippen molar-refractivity contribution in [3.63, 3.8) is 0 Å². The second-order valence-corrected chi connectivity index (χ2v) is 4.79. The molecule has 0 aliphatic carbocycles. The van der Waals surface area contributed by atoms with Crippen molar-refractivity contribution in [1.82, 2.24) is 0 Å². The summed E-state index contributed by atoms with van der Waals surface area (Å²) in [6, 6.07) is 2.91. The molecule has 0 amide bonds. The van der Waals surface area contributed by atoms with Crippen molar-refractivity contribution in [1.29, 1.82) is 0 Å². The predicted molar refractivity (Wildman–Crippen MR) is 64.9 cm³/mol. The number of halogens is 4. The zero-order valence-electron chi connectivity index (χ0n) is 6.28. The van der Waals surface area contributed by atoms with Crippen molar-refractivity contribution in [2.45, 2.75) is 0 Å². The van der Waals surface area contributed by atoms with E-state index in [0.29, 0.717) is 5.56 Å². The van der Waals surface area contributed by atoms with Crippen LogP contribution in [0.1, 0.15) is 10.4 Å². The van der Waals surface area contributed by atoms with Crippen molar-refractivity contribution in [3.8, 4) is 0 Å². The smallest absolute Gasteiger partial charge is 0.175 e. The molecule has 0 bridgehead atoms. The lowest BCUT2D eigenvalue weighted by molar-refractivity contribution is 0.102. The maximum absolute atomic E-state index is 13.0. The molecule has 70 valence electrons. The van der Waals surface area contributed by atoms with Gasteiger partial charge >= 0.3 is 0 Å². The lowest BCUT2D eigenvalue weighted by atomic mass is 10.1. The second-order valence-electron chi connectivity index (χ2n) is 2.27. The average Bonchev–Trinajstić information content (AvgIpc) is 2.12. The fourth-order valence-corrected chi connectivity index (χ4v) is 2.82. The van der Waals surface area contributed by atoms with E-state index in [-0.39, 0.29) is 15.6 Å². The van der Waals surface area contributed by atoms with E-state index in [1.807, 2.05) is 22.6 Å². The predicted octanol–water partition coefficient (Wildman–Crippen LogP) is 3.77. The second kappa shape index (κ2) is 4.84. The SMILES string of the molecule is O=C(CBr)c1c(I)ccc(F)c1Br. The molecule has 0 heterocycles. The van der Waals surface area contributed by atoms with Crippen LogP contribution in [0.15, 0.2) is 16.6 Å². The highest BCUT2D eigenvalue weighted by molar-refractivity contribution is 14.1. The number of carbonyl (C=O) groups excluding carboxylic acids is 1. The maximum Gasteiger partial charge on any atom is 0.175 e. The van der Waals surface area contributed by atoms with Crippen LogP contribution in [-0.4, -0.2) is 11.1 Å². The fraction of sp³-hybridized carbons (Fsp3) is 0.125. The molecule has 5 heteroatoms. The zero-order chi connectivity index (χ0) is 10.0. The molecule has 0 saturated carbocycles. The lowest BCUT2D eigenvalue weighted by Crippen LogP contribution is -2.05. The molecule has 0 N–H and O–H groups in total. The summed E-state index contributed by atoms with van der Waals surface area (Å²) in [6.07, 6.45) is 0. The van der Waals surface area contributed by atoms with Gasteiger partial charge in [-0.05, 0) is 50.7 Å². The Morgan fingerprint density at radius 2 is 2.15 bits per heavy atom. The average molecular weight is 422 g/mol. The third-order valence-electron chi connectivity index (χ3n) is 1.44. The summed E-state index contributed by atoms with van der Waals surface area (Å²) in [5.74, 6) is -0.541. The highest BCUT2D eigenvalue weighted by Crippen LogP contribution is 2.26. The van der Waals surface area contributed by atoms with Crippen molar-refractivity contribution < 1.29 is 9.18 Å². The van der Waals surface area contributed by atoms with E-state index in [1.165, 1.54) is 6.07 Å². The van der Waals surface area contributed by atoms with Gasteiger partial charge in [0.1, 0.15) is 5.82 Å². The molecule has 0 aromatic heterocycles. The van der Waals surface area contributed by atoms with Gasteiger partial charge in [-0.1, -0.05) is 15.9 Å². The van der Waals surface area contributed by atoms with Crippen LogP contribution in [0.25, 0.3) is 0 Å². The van der Waals surface area contributed by atoms with Crippen molar-refractivity contribution in [3.05, 3.63) is 31.6 Å². The van der Waals surface area contributed by atoms with E-state index >= 15 is 0 Å². The molecule has 1 rings (SSSR count). The van der Waals surface area contributed by atoms with Crippen LogP contribution in [0.4, 0.5) is 4.39 Å². The Labute approximate surface area is 105 Å². The number of ketones is 1. The van der Waals surface area contributed by atoms with Gasteiger partial charge in [0.15, 0.2) is 5.78 Å². The Bertz CT molecular complexity index is 354. The third-order valence-corrected chi connectivity index (χ3v) is 3.63. The van der Waals surface area contributed by atoms with Gasteiger partial charge in [0.05, 0.1) is 9.80 Å². The molecule has 1 aromatic rings. The molecule has 0 saturated heterocycles. The van der Waals surface area contributed by atoms with E-state index < -0.39 is 5.82 Å². The Kier molecular flexibility index (Phi) is 4.31. The number of rotatable bonds is 2. The van der Waals surface area contributed by atoms with Crippen LogP contribution in [0.2, 0.25) is 0 Å². The number of hydrogen-bond donors (Lipinski definition) is 0. The summed E-state index contributed by atoms with van der Waals surface area (Å²) in [7, 11) is 0. The van der Waals surface area contributed by atoms with Gasteiger partial charge in [0, 0.05) is 9.13 Å². The minimum Gasteiger partial charge on any atom is -0.293 e. The van der Waals surface area contributed by atoms with Crippen molar-refractivity contribution in [2.75, 3.05) is 5.33 Å². The summed E-state index contributed by atoms with van der Waals surface area (Å²) >= 11 is 8.10. The van der Waals surface area contributed by atoms with Crippen LogP contribution < -0.4 is 0 Å². The molecule has 0 unspecified atom stereocenters. The normalized spacial score (nSPS) is 10.2. The topological polar surface area (TPSA) is 17.1 Å². The summed E-state index contributed by atoms with van der Waals surface area (Å²) in [4.78, 5) is 11.4. The maximum atomic E-state index is 13.0. The Balaban J connectivity index is 3.33. The molecule has 0 fully saturated rings. The van der Waals surface area contributed by atoms with Gasteiger partial charge in [-0.3, -0.25) is 4.79 Å². The number of hydrogen-bond acceptors (Lipinski definition) is 1. The molecule has 0 atom stereocenters. The molecular formula is C8H4Br2FIO. The van der Waals surface area contributed by atoms with E-state index in [1.54, 1.807) is 6.07 Å². The molecule has 13 heavy (non-hydrogen) atoms. The number of alkyl halides is 1.